The maximum absolute atomic E-state index is 6.31. The van der Waals surface area contributed by atoms with Crippen molar-refractivity contribution in [3.63, 3.8) is 0 Å². The van der Waals surface area contributed by atoms with Gasteiger partial charge in [-0.25, -0.2) is 4.98 Å². The average molecular weight is 318 g/mol. The molecule has 1 aliphatic rings. The third-order valence-corrected chi connectivity index (χ3v) is 4.50. The fraction of sp³-hybridized carbons (Fsp3) is 0.250. The molecular weight excluding hydrogens is 305 g/mol. The molecule has 0 N–H and O–H groups in total. The van der Waals surface area contributed by atoms with Gasteiger partial charge in [0.1, 0.15) is 0 Å². The standard InChI is InChI=1S/C16H13Cl2N3/c1-9-16(12-5-4-11(17)6-13(12)18)20-15-7-19-14(8-21(9)15)10-2-3-10/h4-8,10H,2-3H2,1H3. The first-order valence-corrected chi connectivity index (χ1v) is 7.69. The first kappa shape index (κ1) is 13.1. The summed E-state index contributed by atoms with van der Waals surface area (Å²) in [4.78, 5) is 9.18. The number of hydrogen-bond acceptors (Lipinski definition) is 2. The van der Waals surface area contributed by atoms with Crippen molar-refractivity contribution in [3.8, 4) is 11.3 Å². The van der Waals surface area contributed by atoms with Crippen LogP contribution in [0.5, 0.6) is 0 Å². The molecule has 1 aliphatic carbocycles. The molecule has 0 amide bonds. The lowest BCUT2D eigenvalue weighted by Gasteiger charge is -2.03. The van der Waals surface area contributed by atoms with E-state index in [-0.39, 0.29) is 0 Å². The van der Waals surface area contributed by atoms with Crippen LogP contribution in [-0.4, -0.2) is 14.4 Å². The number of hydrogen-bond donors (Lipinski definition) is 0. The minimum atomic E-state index is 0.615. The van der Waals surface area contributed by atoms with Crippen molar-refractivity contribution in [1.29, 1.82) is 0 Å². The Kier molecular flexibility index (Phi) is 2.95. The van der Waals surface area contributed by atoms with E-state index < -0.39 is 0 Å². The van der Waals surface area contributed by atoms with Crippen LogP contribution in [-0.2, 0) is 0 Å². The number of benzene rings is 1. The number of fused-ring (bicyclic) bond motifs is 1. The zero-order valence-electron chi connectivity index (χ0n) is 11.5. The van der Waals surface area contributed by atoms with Crippen LogP contribution in [0.1, 0.15) is 30.1 Å². The highest BCUT2D eigenvalue weighted by molar-refractivity contribution is 6.36. The Morgan fingerprint density at radius 3 is 2.76 bits per heavy atom. The van der Waals surface area contributed by atoms with E-state index in [9.17, 15) is 0 Å². The zero-order chi connectivity index (χ0) is 14.6. The Labute approximate surface area is 132 Å². The molecule has 0 spiro atoms. The Balaban J connectivity index is 1.90. The van der Waals surface area contributed by atoms with Crippen molar-refractivity contribution in [2.75, 3.05) is 0 Å². The molecule has 2 heterocycles. The van der Waals surface area contributed by atoms with E-state index in [0.717, 1.165) is 28.3 Å². The molecule has 0 radical (unpaired) electrons. The van der Waals surface area contributed by atoms with Crippen LogP contribution in [0.2, 0.25) is 10.0 Å². The number of aryl methyl sites for hydroxylation is 1. The van der Waals surface area contributed by atoms with Gasteiger partial charge in [-0.2, -0.15) is 0 Å². The molecule has 0 aliphatic heterocycles. The van der Waals surface area contributed by atoms with E-state index in [1.807, 2.05) is 18.3 Å². The van der Waals surface area contributed by atoms with Gasteiger partial charge in [-0.3, -0.25) is 4.98 Å². The van der Waals surface area contributed by atoms with Crippen LogP contribution in [0.15, 0.2) is 30.6 Å². The highest BCUT2D eigenvalue weighted by Gasteiger charge is 2.26. The second kappa shape index (κ2) is 4.72. The van der Waals surface area contributed by atoms with Crippen LogP contribution in [0, 0.1) is 6.92 Å². The molecule has 4 rings (SSSR count). The molecule has 0 saturated heterocycles. The zero-order valence-corrected chi connectivity index (χ0v) is 13.0. The van der Waals surface area contributed by atoms with Gasteiger partial charge in [0.15, 0.2) is 5.65 Å². The Morgan fingerprint density at radius 1 is 1.24 bits per heavy atom. The fourth-order valence-corrected chi connectivity index (χ4v) is 3.11. The lowest BCUT2D eigenvalue weighted by atomic mass is 10.1. The predicted molar refractivity (Wildman–Crippen MR) is 85.2 cm³/mol. The normalized spacial score (nSPS) is 14.8. The molecule has 2 aromatic heterocycles. The van der Waals surface area contributed by atoms with Crippen LogP contribution in [0.4, 0.5) is 0 Å². The minimum Gasteiger partial charge on any atom is -0.301 e. The molecule has 21 heavy (non-hydrogen) atoms. The Morgan fingerprint density at radius 2 is 2.05 bits per heavy atom. The molecule has 3 aromatic rings. The third kappa shape index (κ3) is 2.21. The summed E-state index contributed by atoms with van der Waals surface area (Å²) >= 11 is 12.3. The summed E-state index contributed by atoms with van der Waals surface area (Å²) in [5.74, 6) is 0.624. The smallest absolute Gasteiger partial charge is 0.156 e. The summed E-state index contributed by atoms with van der Waals surface area (Å²) < 4.78 is 2.10. The van der Waals surface area contributed by atoms with Crippen LogP contribution >= 0.6 is 23.2 Å². The van der Waals surface area contributed by atoms with E-state index in [4.69, 9.17) is 23.2 Å². The van der Waals surface area contributed by atoms with E-state index >= 15 is 0 Å². The molecule has 5 heteroatoms. The molecule has 1 fully saturated rings. The second-order valence-electron chi connectivity index (χ2n) is 5.48. The summed E-state index contributed by atoms with van der Waals surface area (Å²) in [5.41, 5.74) is 4.84. The van der Waals surface area contributed by atoms with Crippen molar-refractivity contribution in [2.45, 2.75) is 25.7 Å². The molecule has 0 bridgehead atoms. The highest BCUT2D eigenvalue weighted by atomic mass is 35.5. The third-order valence-electron chi connectivity index (χ3n) is 3.95. The van der Waals surface area contributed by atoms with Gasteiger partial charge >= 0.3 is 0 Å². The molecule has 0 atom stereocenters. The lowest BCUT2D eigenvalue weighted by molar-refractivity contribution is 0.957. The molecule has 1 aromatic carbocycles. The van der Waals surface area contributed by atoms with E-state index in [1.165, 1.54) is 12.8 Å². The van der Waals surface area contributed by atoms with Gasteiger partial charge in [0.05, 0.1) is 22.6 Å². The van der Waals surface area contributed by atoms with Gasteiger partial charge in [0.25, 0.3) is 0 Å². The van der Waals surface area contributed by atoms with Crippen LogP contribution in [0.3, 0.4) is 0 Å². The topological polar surface area (TPSA) is 30.2 Å². The monoisotopic (exact) mass is 317 g/mol. The van der Waals surface area contributed by atoms with Gasteiger partial charge in [-0.05, 0) is 38.0 Å². The Bertz CT molecular complexity index is 850. The van der Waals surface area contributed by atoms with Crippen LogP contribution in [0.25, 0.3) is 16.9 Å². The lowest BCUT2D eigenvalue weighted by Crippen LogP contribution is -1.94. The minimum absolute atomic E-state index is 0.615. The van der Waals surface area contributed by atoms with Crippen molar-refractivity contribution < 1.29 is 0 Å². The number of rotatable bonds is 2. The van der Waals surface area contributed by atoms with Gasteiger partial charge in [-0.15, -0.1) is 0 Å². The Hall–Kier alpha value is -1.58. The van der Waals surface area contributed by atoms with E-state index in [1.54, 1.807) is 6.07 Å². The molecule has 0 unspecified atom stereocenters. The summed E-state index contributed by atoms with van der Waals surface area (Å²) in [6, 6.07) is 5.49. The first-order valence-electron chi connectivity index (χ1n) is 6.93. The SMILES string of the molecule is Cc1c(-c2ccc(Cl)cc2Cl)nc2cnc(C3CC3)cn12. The quantitative estimate of drug-likeness (QED) is 0.673. The molecular formula is C16H13Cl2N3. The van der Waals surface area contributed by atoms with Crippen molar-refractivity contribution in [2.24, 2.45) is 0 Å². The van der Waals surface area contributed by atoms with Gasteiger partial charge < -0.3 is 4.40 Å². The fourth-order valence-electron chi connectivity index (χ4n) is 2.61. The van der Waals surface area contributed by atoms with Gasteiger partial charge in [-0.1, -0.05) is 23.2 Å². The van der Waals surface area contributed by atoms with Gasteiger partial charge in [0, 0.05) is 28.4 Å². The predicted octanol–water partition coefficient (Wildman–Crippen LogP) is 4.89. The average Bonchev–Trinajstić information content (AvgIpc) is 3.25. The summed E-state index contributed by atoms with van der Waals surface area (Å²) in [7, 11) is 0. The van der Waals surface area contributed by atoms with E-state index in [2.05, 4.69) is 27.5 Å². The van der Waals surface area contributed by atoms with Crippen molar-refractivity contribution in [3.05, 3.63) is 52.0 Å². The van der Waals surface area contributed by atoms with Gasteiger partial charge in [0.2, 0.25) is 0 Å². The second-order valence-corrected chi connectivity index (χ2v) is 6.33. The van der Waals surface area contributed by atoms with E-state index in [0.29, 0.717) is 16.0 Å². The van der Waals surface area contributed by atoms with Crippen LogP contribution < -0.4 is 0 Å². The largest absolute Gasteiger partial charge is 0.301 e. The van der Waals surface area contributed by atoms with Crippen molar-refractivity contribution >= 4 is 28.8 Å². The number of aromatic nitrogens is 3. The maximum Gasteiger partial charge on any atom is 0.156 e. The molecule has 106 valence electrons. The number of halogens is 2. The number of nitrogens with zero attached hydrogens (tertiary/aromatic N) is 3. The summed E-state index contributed by atoms with van der Waals surface area (Å²) in [5, 5.41) is 1.24. The van der Waals surface area contributed by atoms with Crippen molar-refractivity contribution in [1.82, 2.24) is 14.4 Å². The maximum atomic E-state index is 6.31. The molecule has 3 nitrogen and oxygen atoms in total. The summed E-state index contributed by atoms with van der Waals surface area (Å²) in [6.07, 6.45) is 6.42. The highest BCUT2D eigenvalue weighted by Crippen LogP contribution is 2.39. The first-order chi connectivity index (χ1) is 10.1. The summed E-state index contributed by atoms with van der Waals surface area (Å²) in [6.45, 7) is 2.05. The number of imidazole rings is 1. The molecule has 1 saturated carbocycles.